The molecule has 0 saturated carbocycles. The van der Waals surface area contributed by atoms with Gasteiger partial charge < -0.3 is 9.69 Å². The summed E-state index contributed by atoms with van der Waals surface area (Å²) in [5.74, 6) is -1.05. The van der Waals surface area contributed by atoms with E-state index < -0.39 is 5.91 Å². The molecule has 1 aromatic carbocycles. The maximum absolute atomic E-state index is 13.6. The minimum atomic E-state index is -0.418. The standard InChI is InChI=1S/C12H13ClFNO2/c1-2-9-10(14)4-3-5-11(9)15(6-7-16)12(17)8-13/h3-5,7H,2,6,8H2,1H3. The van der Waals surface area contributed by atoms with E-state index in [0.29, 0.717) is 24.0 Å². The first-order chi connectivity index (χ1) is 8.15. The number of alkyl halides is 1. The van der Waals surface area contributed by atoms with Crippen molar-refractivity contribution >= 4 is 29.5 Å². The summed E-state index contributed by atoms with van der Waals surface area (Å²) in [6.45, 7) is 1.66. The van der Waals surface area contributed by atoms with Gasteiger partial charge in [0, 0.05) is 5.56 Å². The highest BCUT2D eigenvalue weighted by molar-refractivity contribution is 6.29. The minimum Gasteiger partial charge on any atom is -0.304 e. The Morgan fingerprint density at radius 2 is 2.24 bits per heavy atom. The van der Waals surface area contributed by atoms with Crippen LogP contribution in [-0.2, 0) is 16.0 Å². The summed E-state index contributed by atoms with van der Waals surface area (Å²) in [5, 5.41) is 0. The molecule has 0 saturated heterocycles. The SMILES string of the molecule is CCc1c(F)cccc1N(CC=O)C(=O)CCl. The Kier molecular flexibility index (Phi) is 5.10. The lowest BCUT2D eigenvalue weighted by Crippen LogP contribution is -2.34. The second kappa shape index (κ2) is 6.35. The van der Waals surface area contributed by atoms with Crippen LogP contribution in [0.2, 0.25) is 0 Å². The van der Waals surface area contributed by atoms with E-state index in [1.807, 2.05) is 0 Å². The highest BCUT2D eigenvalue weighted by atomic mass is 35.5. The molecule has 0 aliphatic rings. The number of anilines is 1. The largest absolute Gasteiger partial charge is 0.304 e. The molecule has 0 bridgehead atoms. The number of halogens is 2. The van der Waals surface area contributed by atoms with Crippen LogP contribution in [0.1, 0.15) is 12.5 Å². The number of nitrogens with zero attached hydrogens (tertiary/aromatic N) is 1. The van der Waals surface area contributed by atoms with E-state index in [2.05, 4.69) is 0 Å². The lowest BCUT2D eigenvalue weighted by atomic mass is 10.1. The van der Waals surface area contributed by atoms with Gasteiger partial charge in [0.25, 0.3) is 0 Å². The molecule has 0 N–H and O–H groups in total. The maximum atomic E-state index is 13.6. The molecule has 5 heteroatoms. The van der Waals surface area contributed by atoms with Gasteiger partial charge in [-0.05, 0) is 18.6 Å². The van der Waals surface area contributed by atoms with Gasteiger partial charge in [0.2, 0.25) is 5.91 Å². The van der Waals surface area contributed by atoms with Crippen LogP contribution in [-0.4, -0.2) is 24.6 Å². The van der Waals surface area contributed by atoms with Crippen molar-refractivity contribution in [3.05, 3.63) is 29.6 Å². The smallest absolute Gasteiger partial charge is 0.242 e. The van der Waals surface area contributed by atoms with Crippen LogP contribution < -0.4 is 4.90 Å². The van der Waals surface area contributed by atoms with Gasteiger partial charge in [-0.3, -0.25) is 4.79 Å². The van der Waals surface area contributed by atoms with Gasteiger partial charge in [0.15, 0.2) is 0 Å². The summed E-state index contributed by atoms with van der Waals surface area (Å²) in [6.07, 6.45) is 1.03. The van der Waals surface area contributed by atoms with Gasteiger partial charge >= 0.3 is 0 Å². The molecule has 0 aromatic heterocycles. The second-order valence-electron chi connectivity index (χ2n) is 3.40. The van der Waals surface area contributed by atoms with Crippen LogP contribution in [0.5, 0.6) is 0 Å². The number of carbonyl (C=O) groups excluding carboxylic acids is 2. The molecule has 92 valence electrons. The van der Waals surface area contributed by atoms with E-state index in [9.17, 15) is 14.0 Å². The summed E-state index contributed by atoms with van der Waals surface area (Å²) < 4.78 is 13.6. The average molecular weight is 258 g/mol. The average Bonchev–Trinajstić information content (AvgIpc) is 2.34. The fraction of sp³-hybridized carbons (Fsp3) is 0.333. The van der Waals surface area contributed by atoms with E-state index in [1.54, 1.807) is 13.0 Å². The highest BCUT2D eigenvalue weighted by Gasteiger charge is 2.18. The number of benzene rings is 1. The molecule has 0 aliphatic heterocycles. The monoisotopic (exact) mass is 257 g/mol. The Balaban J connectivity index is 3.22. The number of amides is 1. The molecule has 1 rings (SSSR count). The summed E-state index contributed by atoms with van der Waals surface area (Å²) in [4.78, 5) is 23.4. The van der Waals surface area contributed by atoms with Crippen LogP contribution in [0.3, 0.4) is 0 Å². The Bertz CT molecular complexity index is 423. The molecule has 1 aromatic rings. The number of hydrogen-bond donors (Lipinski definition) is 0. The molecule has 0 heterocycles. The van der Waals surface area contributed by atoms with E-state index in [1.165, 1.54) is 17.0 Å². The molecular weight excluding hydrogens is 245 g/mol. The number of hydrogen-bond acceptors (Lipinski definition) is 2. The van der Waals surface area contributed by atoms with E-state index in [4.69, 9.17) is 11.6 Å². The molecule has 0 fully saturated rings. The Morgan fingerprint density at radius 3 is 2.76 bits per heavy atom. The van der Waals surface area contributed by atoms with Crippen molar-refractivity contribution in [2.45, 2.75) is 13.3 Å². The quantitative estimate of drug-likeness (QED) is 0.599. The van der Waals surface area contributed by atoms with Crippen molar-refractivity contribution < 1.29 is 14.0 Å². The van der Waals surface area contributed by atoms with Crippen molar-refractivity contribution in [2.75, 3.05) is 17.3 Å². The van der Waals surface area contributed by atoms with E-state index in [0.717, 1.165) is 0 Å². The molecule has 1 amide bonds. The molecule has 3 nitrogen and oxygen atoms in total. The lowest BCUT2D eigenvalue weighted by molar-refractivity contribution is -0.117. The first-order valence-corrected chi connectivity index (χ1v) is 5.76. The Morgan fingerprint density at radius 1 is 1.53 bits per heavy atom. The summed E-state index contributed by atoms with van der Waals surface area (Å²) in [7, 11) is 0. The summed E-state index contributed by atoms with van der Waals surface area (Å²) in [5.41, 5.74) is 0.818. The maximum Gasteiger partial charge on any atom is 0.242 e. The van der Waals surface area contributed by atoms with Gasteiger partial charge in [0.1, 0.15) is 18.0 Å². The second-order valence-corrected chi connectivity index (χ2v) is 3.66. The first kappa shape index (κ1) is 13.6. The lowest BCUT2D eigenvalue weighted by Gasteiger charge is -2.22. The van der Waals surface area contributed by atoms with Crippen LogP contribution in [0.15, 0.2) is 18.2 Å². The molecule has 0 spiro atoms. The van der Waals surface area contributed by atoms with E-state index in [-0.39, 0.29) is 18.2 Å². The zero-order valence-electron chi connectivity index (χ0n) is 9.45. The third-order valence-corrected chi connectivity index (χ3v) is 2.64. The zero-order chi connectivity index (χ0) is 12.8. The Hall–Kier alpha value is -1.42. The van der Waals surface area contributed by atoms with Crippen molar-refractivity contribution in [2.24, 2.45) is 0 Å². The van der Waals surface area contributed by atoms with Crippen LogP contribution in [0, 0.1) is 5.82 Å². The Labute approximate surface area is 104 Å². The number of aldehydes is 1. The van der Waals surface area contributed by atoms with Crippen LogP contribution in [0.25, 0.3) is 0 Å². The van der Waals surface area contributed by atoms with Gasteiger partial charge in [-0.2, -0.15) is 0 Å². The van der Waals surface area contributed by atoms with Gasteiger partial charge in [-0.1, -0.05) is 13.0 Å². The number of rotatable bonds is 5. The predicted octanol–water partition coefficient (Wildman–Crippen LogP) is 2.16. The van der Waals surface area contributed by atoms with Crippen molar-refractivity contribution in [3.63, 3.8) is 0 Å². The number of carbonyl (C=O) groups is 2. The molecule has 0 aliphatic carbocycles. The topological polar surface area (TPSA) is 37.4 Å². The third-order valence-electron chi connectivity index (χ3n) is 2.41. The van der Waals surface area contributed by atoms with Crippen LogP contribution in [0.4, 0.5) is 10.1 Å². The molecule has 0 unspecified atom stereocenters. The first-order valence-electron chi connectivity index (χ1n) is 5.23. The van der Waals surface area contributed by atoms with Gasteiger partial charge in [-0.15, -0.1) is 11.6 Å². The minimum absolute atomic E-state index is 0.123. The van der Waals surface area contributed by atoms with Gasteiger partial charge in [-0.25, -0.2) is 4.39 Å². The third kappa shape index (κ3) is 3.03. The van der Waals surface area contributed by atoms with Gasteiger partial charge in [0.05, 0.1) is 12.2 Å². The fourth-order valence-corrected chi connectivity index (χ4v) is 1.78. The van der Waals surface area contributed by atoms with Crippen molar-refractivity contribution in [1.82, 2.24) is 0 Å². The van der Waals surface area contributed by atoms with Crippen molar-refractivity contribution in [1.29, 1.82) is 0 Å². The van der Waals surface area contributed by atoms with Crippen molar-refractivity contribution in [3.8, 4) is 0 Å². The normalized spacial score (nSPS) is 10.1. The zero-order valence-corrected chi connectivity index (χ0v) is 10.2. The fourth-order valence-electron chi connectivity index (χ4n) is 1.63. The molecule has 17 heavy (non-hydrogen) atoms. The molecule has 0 radical (unpaired) electrons. The predicted molar refractivity (Wildman–Crippen MR) is 64.9 cm³/mol. The summed E-state index contributed by atoms with van der Waals surface area (Å²) in [6, 6.07) is 4.44. The van der Waals surface area contributed by atoms with Crippen LogP contribution >= 0.6 is 11.6 Å². The molecular formula is C12H13ClFNO2. The molecule has 0 atom stereocenters. The van der Waals surface area contributed by atoms with E-state index >= 15 is 0 Å². The highest BCUT2D eigenvalue weighted by Crippen LogP contribution is 2.23. The summed E-state index contributed by atoms with van der Waals surface area (Å²) >= 11 is 5.47.